The Labute approximate surface area is 150 Å². The van der Waals surface area contributed by atoms with Crippen molar-refractivity contribution in [3.63, 3.8) is 0 Å². The van der Waals surface area contributed by atoms with Crippen LogP contribution in [-0.2, 0) is 17.5 Å². The van der Waals surface area contributed by atoms with E-state index in [0.29, 0.717) is 6.54 Å². The van der Waals surface area contributed by atoms with Crippen LogP contribution in [0.1, 0.15) is 11.1 Å². The predicted octanol–water partition coefficient (Wildman–Crippen LogP) is 5.53. The highest BCUT2D eigenvalue weighted by molar-refractivity contribution is 9.11. The minimum atomic E-state index is -1.22. The molecule has 4 rings (SSSR count). The van der Waals surface area contributed by atoms with Crippen molar-refractivity contribution in [1.82, 2.24) is 0 Å². The molecule has 116 valence electrons. The molecule has 0 aliphatic carbocycles. The van der Waals surface area contributed by atoms with Gasteiger partial charge >= 0.3 is 0 Å². The van der Waals surface area contributed by atoms with Crippen molar-refractivity contribution in [3.05, 3.63) is 69.5 Å². The first-order valence-electron chi connectivity index (χ1n) is 7.27. The van der Waals surface area contributed by atoms with Crippen LogP contribution in [0.3, 0.4) is 0 Å². The molecule has 0 spiro atoms. The third-order valence-corrected chi connectivity index (χ3v) is 6.96. The molecule has 0 N–H and O–H groups in total. The molecule has 1 aliphatic heterocycles. The summed E-state index contributed by atoms with van der Waals surface area (Å²) >= 11 is 5.27. The molecular weight excluding hydrogens is 390 g/mol. The van der Waals surface area contributed by atoms with Crippen LogP contribution < -0.4 is 4.31 Å². The van der Waals surface area contributed by atoms with E-state index < -0.39 is 11.0 Å². The van der Waals surface area contributed by atoms with Crippen molar-refractivity contribution in [2.24, 2.45) is 0 Å². The summed E-state index contributed by atoms with van der Waals surface area (Å²) in [4.78, 5) is 2.03. The highest BCUT2D eigenvalue weighted by Gasteiger charge is 2.28. The molecule has 0 amide bonds. The number of fused-ring (bicyclic) bond motifs is 3. The topological polar surface area (TPSA) is 20.3 Å². The molecule has 1 unspecified atom stereocenters. The van der Waals surface area contributed by atoms with E-state index >= 15 is 0 Å². The number of halogens is 1. The Morgan fingerprint density at radius 1 is 1.13 bits per heavy atom. The summed E-state index contributed by atoms with van der Waals surface area (Å²) in [5.41, 5.74) is 4.63. The van der Waals surface area contributed by atoms with E-state index in [9.17, 15) is 4.21 Å². The van der Waals surface area contributed by atoms with Gasteiger partial charge in [0.2, 0.25) is 0 Å². The zero-order valence-corrected chi connectivity index (χ0v) is 15.7. The van der Waals surface area contributed by atoms with Crippen LogP contribution in [0.25, 0.3) is 10.4 Å². The highest BCUT2D eigenvalue weighted by Crippen LogP contribution is 2.47. The summed E-state index contributed by atoms with van der Waals surface area (Å²) in [6.45, 7) is 2.69. The van der Waals surface area contributed by atoms with E-state index in [-0.39, 0.29) is 0 Å². The first kappa shape index (κ1) is 15.1. The molecular formula is C18H14BrNOS2. The monoisotopic (exact) mass is 403 g/mol. The van der Waals surface area contributed by atoms with Gasteiger partial charge in [0.1, 0.15) is 0 Å². The molecule has 3 aromatic rings. The summed E-state index contributed by atoms with van der Waals surface area (Å²) in [7, 11) is -1.22. The fraction of sp³-hybridized carbons (Fsp3) is 0.111. The molecule has 0 saturated heterocycles. The van der Waals surface area contributed by atoms with Gasteiger partial charge in [-0.05, 0) is 57.7 Å². The van der Waals surface area contributed by atoms with Crippen LogP contribution in [0.2, 0.25) is 0 Å². The standard InChI is InChI=1S/C18H14BrNOS2/c1-12-5-4-7-14(9-12)23(21)20-11-13-6-2-3-8-15(13)18-16(20)10-17(19)22-18/h2-10H,11H2,1H3. The van der Waals surface area contributed by atoms with Gasteiger partial charge in [0.05, 0.1) is 25.8 Å². The van der Waals surface area contributed by atoms with Gasteiger partial charge in [-0.15, -0.1) is 11.3 Å². The van der Waals surface area contributed by atoms with Crippen LogP contribution in [-0.4, -0.2) is 4.21 Å². The van der Waals surface area contributed by atoms with Crippen molar-refractivity contribution >= 4 is 43.9 Å². The molecule has 2 nitrogen and oxygen atoms in total. The maximum Gasteiger partial charge on any atom is 0.153 e. The first-order valence-corrected chi connectivity index (χ1v) is 9.99. The van der Waals surface area contributed by atoms with E-state index in [2.05, 4.69) is 40.2 Å². The summed E-state index contributed by atoms with van der Waals surface area (Å²) in [5, 5.41) is 0. The summed E-state index contributed by atoms with van der Waals surface area (Å²) in [6, 6.07) is 18.4. The Morgan fingerprint density at radius 3 is 2.78 bits per heavy atom. The SMILES string of the molecule is Cc1cccc(S(=O)N2Cc3ccccc3-c3sc(Br)cc32)c1. The number of rotatable bonds is 2. The Hall–Kier alpha value is -1.43. The molecule has 1 atom stereocenters. The molecule has 5 heteroatoms. The summed E-state index contributed by atoms with van der Waals surface area (Å²) in [6.07, 6.45) is 0. The third-order valence-electron chi connectivity index (χ3n) is 3.92. The van der Waals surface area contributed by atoms with Crippen molar-refractivity contribution in [2.45, 2.75) is 18.4 Å². The van der Waals surface area contributed by atoms with Gasteiger partial charge in [0.25, 0.3) is 0 Å². The van der Waals surface area contributed by atoms with E-state index in [1.165, 1.54) is 16.0 Å². The Balaban J connectivity index is 1.83. The molecule has 2 heterocycles. The Bertz CT molecular complexity index is 919. The number of aryl methyl sites for hydroxylation is 1. The lowest BCUT2D eigenvalue weighted by atomic mass is 10.0. The van der Waals surface area contributed by atoms with Crippen molar-refractivity contribution in [3.8, 4) is 10.4 Å². The second-order valence-electron chi connectivity index (χ2n) is 5.52. The number of hydrogen-bond donors (Lipinski definition) is 0. The lowest BCUT2D eigenvalue weighted by molar-refractivity contribution is 0.678. The summed E-state index contributed by atoms with van der Waals surface area (Å²) < 4.78 is 16.2. The van der Waals surface area contributed by atoms with Crippen molar-refractivity contribution in [2.75, 3.05) is 4.31 Å². The number of nitrogens with zero attached hydrogens (tertiary/aromatic N) is 1. The van der Waals surface area contributed by atoms with Gasteiger partial charge in [0.15, 0.2) is 11.0 Å². The Kier molecular flexibility index (Phi) is 3.87. The predicted molar refractivity (Wildman–Crippen MR) is 101 cm³/mol. The largest absolute Gasteiger partial charge is 0.282 e. The van der Waals surface area contributed by atoms with Crippen LogP contribution >= 0.6 is 27.3 Å². The van der Waals surface area contributed by atoms with Crippen LogP contribution in [0, 0.1) is 6.92 Å². The van der Waals surface area contributed by atoms with E-state index in [1.807, 2.05) is 41.6 Å². The fourth-order valence-electron chi connectivity index (χ4n) is 2.85. The normalized spacial score (nSPS) is 14.3. The van der Waals surface area contributed by atoms with Gasteiger partial charge in [0, 0.05) is 0 Å². The van der Waals surface area contributed by atoms with Crippen molar-refractivity contribution in [1.29, 1.82) is 0 Å². The second-order valence-corrected chi connectivity index (χ2v) is 9.37. The van der Waals surface area contributed by atoms with Gasteiger partial charge in [-0.3, -0.25) is 4.31 Å². The molecule has 0 fully saturated rings. The second kappa shape index (κ2) is 5.89. The Morgan fingerprint density at radius 2 is 1.96 bits per heavy atom. The van der Waals surface area contributed by atoms with Crippen LogP contribution in [0.4, 0.5) is 5.69 Å². The van der Waals surface area contributed by atoms with Crippen LogP contribution in [0.5, 0.6) is 0 Å². The quantitative estimate of drug-likeness (QED) is 0.550. The van der Waals surface area contributed by atoms with Crippen molar-refractivity contribution < 1.29 is 4.21 Å². The van der Waals surface area contributed by atoms with E-state index in [0.717, 1.165) is 19.9 Å². The molecule has 0 bridgehead atoms. The number of thiophene rings is 1. The minimum absolute atomic E-state index is 0.660. The highest BCUT2D eigenvalue weighted by atomic mass is 79.9. The van der Waals surface area contributed by atoms with E-state index in [1.54, 1.807) is 11.3 Å². The number of benzene rings is 2. The maximum atomic E-state index is 13.2. The number of hydrogen-bond acceptors (Lipinski definition) is 2. The summed E-state index contributed by atoms with van der Waals surface area (Å²) in [5.74, 6) is 0. The molecule has 0 saturated carbocycles. The van der Waals surface area contributed by atoms with Gasteiger partial charge in [-0.2, -0.15) is 0 Å². The van der Waals surface area contributed by atoms with Gasteiger partial charge < -0.3 is 0 Å². The molecule has 1 aromatic heterocycles. The van der Waals surface area contributed by atoms with Gasteiger partial charge in [-0.1, -0.05) is 36.4 Å². The first-order chi connectivity index (χ1) is 11.1. The molecule has 2 aromatic carbocycles. The van der Waals surface area contributed by atoms with E-state index in [4.69, 9.17) is 0 Å². The minimum Gasteiger partial charge on any atom is -0.282 e. The lowest BCUT2D eigenvalue weighted by Crippen LogP contribution is -2.28. The molecule has 0 radical (unpaired) electrons. The van der Waals surface area contributed by atoms with Gasteiger partial charge in [-0.25, -0.2) is 4.21 Å². The average Bonchev–Trinajstić information content (AvgIpc) is 2.95. The smallest absolute Gasteiger partial charge is 0.153 e. The fourth-order valence-corrected chi connectivity index (χ4v) is 5.87. The zero-order valence-electron chi connectivity index (χ0n) is 12.5. The lowest BCUT2D eigenvalue weighted by Gasteiger charge is -2.29. The third kappa shape index (κ3) is 2.67. The number of anilines is 1. The molecule has 1 aliphatic rings. The maximum absolute atomic E-state index is 13.2. The average molecular weight is 404 g/mol. The zero-order chi connectivity index (χ0) is 16.0. The molecule has 23 heavy (non-hydrogen) atoms. The van der Waals surface area contributed by atoms with Crippen LogP contribution in [0.15, 0.2) is 63.3 Å².